The van der Waals surface area contributed by atoms with Gasteiger partial charge in [-0.3, -0.25) is 14.5 Å². The number of benzene rings is 1. The zero-order chi connectivity index (χ0) is 14.7. The van der Waals surface area contributed by atoms with Gasteiger partial charge in [0.25, 0.3) is 0 Å². The molecule has 1 aromatic rings. The molecule has 5 heteroatoms. The van der Waals surface area contributed by atoms with Gasteiger partial charge in [0.05, 0.1) is 13.0 Å². The fourth-order valence-corrected chi connectivity index (χ4v) is 2.40. The fourth-order valence-electron chi connectivity index (χ4n) is 2.40. The third kappa shape index (κ3) is 3.81. The van der Waals surface area contributed by atoms with E-state index in [4.69, 9.17) is 5.11 Å². The molecular weight excluding hydrogens is 256 g/mol. The van der Waals surface area contributed by atoms with Crippen LogP contribution in [-0.4, -0.2) is 41.5 Å². The van der Waals surface area contributed by atoms with E-state index < -0.39 is 5.97 Å². The van der Waals surface area contributed by atoms with Crippen molar-refractivity contribution in [3.05, 3.63) is 29.3 Å². The van der Waals surface area contributed by atoms with Gasteiger partial charge in [-0.05, 0) is 43.0 Å². The predicted molar refractivity (Wildman–Crippen MR) is 76.7 cm³/mol. The number of carboxylic acid groups (broad SMARTS) is 1. The number of aliphatic carboxylic acids is 1. The normalized spacial score (nSPS) is 15.7. The summed E-state index contributed by atoms with van der Waals surface area (Å²) in [6.45, 7) is 5.74. The summed E-state index contributed by atoms with van der Waals surface area (Å²) in [4.78, 5) is 24.4. The van der Waals surface area contributed by atoms with E-state index in [1.807, 2.05) is 36.9 Å². The highest BCUT2D eigenvalue weighted by molar-refractivity contribution is 5.92. The van der Waals surface area contributed by atoms with Gasteiger partial charge in [0, 0.05) is 18.8 Å². The lowest BCUT2D eigenvalue weighted by molar-refractivity contribution is -0.139. The first kappa shape index (κ1) is 14.5. The van der Waals surface area contributed by atoms with E-state index in [0.717, 1.165) is 11.3 Å². The first-order valence-electron chi connectivity index (χ1n) is 6.75. The topological polar surface area (TPSA) is 69.6 Å². The lowest BCUT2D eigenvalue weighted by Gasteiger charge is -2.37. The third-order valence-corrected chi connectivity index (χ3v) is 3.65. The van der Waals surface area contributed by atoms with Crippen molar-refractivity contribution in [3.8, 4) is 0 Å². The number of likely N-dealkylation sites (tertiary alicyclic amines) is 1. The number of hydrogen-bond acceptors (Lipinski definition) is 3. The molecule has 0 radical (unpaired) electrons. The van der Waals surface area contributed by atoms with Gasteiger partial charge in [0.15, 0.2) is 0 Å². The van der Waals surface area contributed by atoms with E-state index in [-0.39, 0.29) is 18.2 Å². The van der Waals surface area contributed by atoms with Crippen molar-refractivity contribution in [2.24, 2.45) is 5.92 Å². The number of anilines is 1. The lowest BCUT2D eigenvalue weighted by Crippen LogP contribution is -2.50. The predicted octanol–water partition coefficient (Wildman–Crippen LogP) is 1.65. The van der Waals surface area contributed by atoms with Crippen LogP contribution in [0, 0.1) is 19.8 Å². The van der Waals surface area contributed by atoms with Crippen LogP contribution < -0.4 is 5.32 Å². The van der Waals surface area contributed by atoms with Crippen molar-refractivity contribution in [2.75, 3.05) is 25.0 Å². The molecule has 1 fully saturated rings. The maximum absolute atomic E-state index is 11.9. The van der Waals surface area contributed by atoms with Gasteiger partial charge in [-0.25, -0.2) is 0 Å². The maximum Gasteiger partial charge on any atom is 0.303 e. The second kappa shape index (κ2) is 6.05. The van der Waals surface area contributed by atoms with Crippen molar-refractivity contribution in [1.82, 2.24) is 4.90 Å². The lowest BCUT2D eigenvalue weighted by atomic mass is 9.96. The van der Waals surface area contributed by atoms with Crippen LogP contribution >= 0.6 is 0 Å². The summed E-state index contributed by atoms with van der Waals surface area (Å²) in [7, 11) is 0. The van der Waals surface area contributed by atoms with E-state index in [9.17, 15) is 9.59 Å². The molecule has 5 nitrogen and oxygen atoms in total. The molecule has 0 spiro atoms. The Balaban J connectivity index is 1.76. The van der Waals surface area contributed by atoms with Gasteiger partial charge in [-0.1, -0.05) is 6.07 Å². The average molecular weight is 276 g/mol. The molecule has 1 amide bonds. The molecule has 2 N–H and O–H groups in total. The van der Waals surface area contributed by atoms with E-state index in [2.05, 4.69) is 5.32 Å². The Labute approximate surface area is 118 Å². The number of amides is 1. The zero-order valence-electron chi connectivity index (χ0n) is 11.8. The SMILES string of the molecule is Cc1ccc(NC(=O)CN2CC(CC(=O)O)C2)cc1C. The molecule has 1 saturated heterocycles. The van der Waals surface area contributed by atoms with Crippen LogP contribution in [0.25, 0.3) is 0 Å². The summed E-state index contributed by atoms with van der Waals surface area (Å²) in [6.07, 6.45) is 0.190. The largest absolute Gasteiger partial charge is 0.481 e. The number of nitrogens with zero attached hydrogens (tertiary/aromatic N) is 1. The molecule has 1 aromatic carbocycles. The highest BCUT2D eigenvalue weighted by Crippen LogP contribution is 2.19. The molecular formula is C15H20N2O3. The summed E-state index contributed by atoms with van der Waals surface area (Å²) in [6, 6.07) is 5.83. The molecule has 0 bridgehead atoms. The van der Waals surface area contributed by atoms with Crippen molar-refractivity contribution >= 4 is 17.6 Å². The van der Waals surface area contributed by atoms with Gasteiger partial charge >= 0.3 is 5.97 Å². The molecule has 0 aliphatic carbocycles. The Kier molecular flexibility index (Phi) is 4.39. The number of carbonyl (C=O) groups is 2. The number of nitrogens with one attached hydrogen (secondary N) is 1. The Morgan fingerprint density at radius 1 is 1.30 bits per heavy atom. The third-order valence-electron chi connectivity index (χ3n) is 3.65. The zero-order valence-corrected chi connectivity index (χ0v) is 11.8. The van der Waals surface area contributed by atoms with Gasteiger partial charge in [0.1, 0.15) is 0 Å². The Hall–Kier alpha value is -1.88. The monoisotopic (exact) mass is 276 g/mol. The maximum atomic E-state index is 11.9. The fraction of sp³-hybridized carbons (Fsp3) is 0.467. The quantitative estimate of drug-likeness (QED) is 0.858. The number of aryl methyl sites for hydroxylation is 2. The molecule has 0 aromatic heterocycles. The van der Waals surface area contributed by atoms with Crippen LogP contribution in [0.2, 0.25) is 0 Å². The van der Waals surface area contributed by atoms with Crippen molar-refractivity contribution < 1.29 is 14.7 Å². The number of carbonyl (C=O) groups excluding carboxylic acids is 1. The first-order chi connectivity index (χ1) is 9.44. The highest BCUT2D eigenvalue weighted by atomic mass is 16.4. The molecule has 1 heterocycles. The molecule has 1 aliphatic heterocycles. The Bertz CT molecular complexity index is 522. The van der Waals surface area contributed by atoms with Crippen LogP contribution in [0.5, 0.6) is 0 Å². The first-order valence-corrected chi connectivity index (χ1v) is 6.75. The summed E-state index contributed by atoms with van der Waals surface area (Å²) in [5, 5.41) is 11.5. The molecule has 0 unspecified atom stereocenters. The van der Waals surface area contributed by atoms with Crippen LogP contribution in [0.15, 0.2) is 18.2 Å². The van der Waals surface area contributed by atoms with Crippen LogP contribution in [0.3, 0.4) is 0 Å². The summed E-state index contributed by atoms with van der Waals surface area (Å²) in [5.74, 6) is -0.641. The summed E-state index contributed by atoms with van der Waals surface area (Å²) in [5.41, 5.74) is 3.15. The minimum atomic E-state index is -0.769. The van der Waals surface area contributed by atoms with E-state index in [1.165, 1.54) is 5.56 Å². The summed E-state index contributed by atoms with van der Waals surface area (Å²) >= 11 is 0. The van der Waals surface area contributed by atoms with Gasteiger partial charge in [-0.2, -0.15) is 0 Å². The smallest absolute Gasteiger partial charge is 0.303 e. The van der Waals surface area contributed by atoms with Gasteiger partial charge < -0.3 is 10.4 Å². The second-order valence-electron chi connectivity index (χ2n) is 5.51. The molecule has 20 heavy (non-hydrogen) atoms. The van der Waals surface area contributed by atoms with Crippen LogP contribution in [0.4, 0.5) is 5.69 Å². The number of hydrogen-bond donors (Lipinski definition) is 2. The van der Waals surface area contributed by atoms with Crippen molar-refractivity contribution in [3.63, 3.8) is 0 Å². The Morgan fingerprint density at radius 2 is 2.00 bits per heavy atom. The Morgan fingerprint density at radius 3 is 2.60 bits per heavy atom. The van der Waals surface area contributed by atoms with Crippen molar-refractivity contribution in [2.45, 2.75) is 20.3 Å². The van der Waals surface area contributed by atoms with Crippen LogP contribution in [0.1, 0.15) is 17.5 Å². The highest BCUT2D eigenvalue weighted by Gasteiger charge is 2.29. The molecule has 108 valence electrons. The number of rotatable bonds is 5. The molecule has 0 atom stereocenters. The minimum Gasteiger partial charge on any atom is -0.481 e. The van der Waals surface area contributed by atoms with Gasteiger partial charge in [-0.15, -0.1) is 0 Å². The van der Waals surface area contributed by atoms with E-state index >= 15 is 0 Å². The standard InChI is InChI=1S/C15H20N2O3/c1-10-3-4-13(5-11(10)2)16-14(18)9-17-7-12(8-17)6-15(19)20/h3-5,12H,6-9H2,1-2H3,(H,16,18)(H,19,20). The summed E-state index contributed by atoms with van der Waals surface area (Å²) < 4.78 is 0. The second-order valence-corrected chi connectivity index (χ2v) is 5.51. The van der Waals surface area contributed by atoms with Gasteiger partial charge in [0.2, 0.25) is 5.91 Å². The molecule has 1 aliphatic rings. The molecule has 0 saturated carbocycles. The number of carboxylic acids is 1. The van der Waals surface area contributed by atoms with Crippen LogP contribution in [-0.2, 0) is 9.59 Å². The van der Waals surface area contributed by atoms with Crippen molar-refractivity contribution in [1.29, 1.82) is 0 Å². The van der Waals surface area contributed by atoms with E-state index in [0.29, 0.717) is 19.6 Å². The average Bonchev–Trinajstić information content (AvgIpc) is 2.30. The minimum absolute atomic E-state index is 0.0537. The van der Waals surface area contributed by atoms with E-state index in [1.54, 1.807) is 0 Å². The molecule has 2 rings (SSSR count).